The highest BCUT2D eigenvalue weighted by Gasteiger charge is 2.35. The Hall–Kier alpha value is -1.12. The quantitative estimate of drug-likeness (QED) is 0.741. The molecule has 1 unspecified atom stereocenters. The number of rotatable bonds is 4. The summed E-state index contributed by atoms with van der Waals surface area (Å²) in [4.78, 5) is 0. The van der Waals surface area contributed by atoms with E-state index < -0.39 is 0 Å². The summed E-state index contributed by atoms with van der Waals surface area (Å²) in [5.74, 6) is 0. The standard InChI is InChI=1S/C15H20O2/c1-12-9-14(16-10-12)15(2,3)17-11-13-7-5-4-6-8-13/h4-8,14H,1,9-11H2,2-3H3. The first-order valence-electron chi connectivity index (χ1n) is 6.04. The van der Waals surface area contributed by atoms with Gasteiger partial charge < -0.3 is 9.47 Å². The molecule has 1 atom stereocenters. The van der Waals surface area contributed by atoms with Gasteiger partial charge >= 0.3 is 0 Å². The van der Waals surface area contributed by atoms with Crippen LogP contribution >= 0.6 is 0 Å². The lowest BCUT2D eigenvalue weighted by Crippen LogP contribution is -2.38. The first-order valence-corrected chi connectivity index (χ1v) is 6.04. The van der Waals surface area contributed by atoms with Crippen LogP contribution in [0.5, 0.6) is 0 Å². The molecule has 92 valence electrons. The van der Waals surface area contributed by atoms with Crippen molar-refractivity contribution in [3.05, 3.63) is 48.0 Å². The molecule has 1 saturated heterocycles. The molecule has 1 aromatic rings. The van der Waals surface area contributed by atoms with Gasteiger partial charge in [0.05, 0.1) is 24.9 Å². The second-order valence-electron chi connectivity index (χ2n) is 5.13. The van der Waals surface area contributed by atoms with Crippen molar-refractivity contribution < 1.29 is 9.47 Å². The maximum Gasteiger partial charge on any atom is 0.0901 e. The zero-order valence-corrected chi connectivity index (χ0v) is 10.6. The minimum absolute atomic E-state index is 0.124. The van der Waals surface area contributed by atoms with Crippen LogP contribution in [0.25, 0.3) is 0 Å². The maximum absolute atomic E-state index is 5.98. The average molecular weight is 232 g/mol. The Balaban J connectivity index is 1.91. The van der Waals surface area contributed by atoms with Gasteiger partial charge in [-0.05, 0) is 31.4 Å². The second kappa shape index (κ2) is 5.03. The van der Waals surface area contributed by atoms with Crippen LogP contribution in [-0.2, 0) is 16.1 Å². The molecule has 0 aromatic heterocycles. The molecule has 1 aromatic carbocycles. The molecular weight excluding hydrogens is 212 g/mol. The van der Waals surface area contributed by atoms with Crippen LogP contribution in [0.15, 0.2) is 42.5 Å². The molecule has 2 rings (SSSR count). The highest BCUT2D eigenvalue weighted by atomic mass is 16.6. The summed E-state index contributed by atoms with van der Waals surface area (Å²) in [5, 5.41) is 0. The Morgan fingerprint density at radius 3 is 2.65 bits per heavy atom. The van der Waals surface area contributed by atoms with Crippen molar-refractivity contribution in [3.8, 4) is 0 Å². The van der Waals surface area contributed by atoms with E-state index in [1.54, 1.807) is 0 Å². The van der Waals surface area contributed by atoms with Crippen LogP contribution in [0.4, 0.5) is 0 Å². The monoisotopic (exact) mass is 232 g/mol. The molecule has 0 saturated carbocycles. The predicted molar refractivity (Wildman–Crippen MR) is 68.8 cm³/mol. The van der Waals surface area contributed by atoms with Crippen molar-refractivity contribution in [3.63, 3.8) is 0 Å². The summed E-state index contributed by atoms with van der Waals surface area (Å²) in [6, 6.07) is 10.2. The average Bonchev–Trinajstić information content (AvgIpc) is 2.76. The van der Waals surface area contributed by atoms with Gasteiger partial charge in [0.2, 0.25) is 0 Å². The normalized spacial score (nSPS) is 20.8. The topological polar surface area (TPSA) is 18.5 Å². The third kappa shape index (κ3) is 3.18. The lowest BCUT2D eigenvalue weighted by atomic mass is 9.97. The van der Waals surface area contributed by atoms with Crippen LogP contribution in [0.2, 0.25) is 0 Å². The summed E-state index contributed by atoms with van der Waals surface area (Å²) in [7, 11) is 0. The van der Waals surface area contributed by atoms with Gasteiger partial charge in [0, 0.05) is 0 Å². The third-order valence-electron chi connectivity index (χ3n) is 3.19. The predicted octanol–water partition coefficient (Wildman–Crippen LogP) is 3.33. The van der Waals surface area contributed by atoms with Crippen LogP contribution in [-0.4, -0.2) is 18.3 Å². The van der Waals surface area contributed by atoms with Gasteiger partial charge in [-0.15, -0.1) is 0 Å². The third-order valence-corrected chi connectivity index (χ3v) is 3.19. The van der Waals surface area contributed by atoms with Gasteiger partial charge in [-0.25, -0.2) is 0 Å². The largest absolute Gasteiger partial charge is 0.371 e. The highest BCUT2D eigenvalue weighted by molar-refractivity contribution is 5.14. The lowest BCUT2D eigenvalue weighted by molar-refractivity contribution is -0.115. The fraction of sp³-hybridized carbons (Fsp3) is 0.467. The molecule has 0 aliphatic carbocycles. The van der Waals surface area contributed by atoms with Crippen molar-refractivity contribution >= 4 is 0 Å². The Bertz CT molecular complexity index is 381. The van der Waals surface area contributed by atoms with E-state index in [0.29, 0.717) is 13.2 Å². The molecule has 0 N–H and O–H groups in total. The van der Waals surface area contributed by atoms with Crippen LogP contribution in [0.3, 0.4) is 0 Å². The fourth-order valence-electron chi connectivity index (χ4n) is 1.98. The minimum Gasteiger partial charge on any atom is -0.371 e. The molecular formula is C15H20O2. The lowest BCUT2D eigenvalue weighted by Gasteiger charge is -2.30. The van der Waals surface area contributed by atoms with E-state index in [1.165, 1.54) is 5.56 Å². The van der Waals surface area contributed by atoms with Crippen molar-refractivity contribution in [2.24, 2.45) is 0 Å². The Morgan fingerprint density at radius 1 is 1.35 bits per heavy atom. The Morgan fingerprint density at radius 2 is 2.06 bits per heavy atom. The van der Waals surface area contributed by atoms with Gasteiger partial charge in [0.25, 0.3) is 0 Å². The van der Waals surface area contributed by atoms with Crippen LogP contribution in [0.1, 0.15) is 25.8 Å². The van der Waals surface area contributed by atoms with Crippen molar-refractivity contribution in [1.82, 2.24) is 0 Å². The van der Waals surface area contributed by atoms with Gasteiger partial charge in [-0.1, -0.05) is 36.9 Å². The van der Waals surface area contributed by atoms with Crippen LogP contribution < -0.4 is 0 Å². The minimum atomic E-state index is -0.269. The molecule has 17 heavy (non-hydrogen) atoms. The zero-order chi connectivity index (χ0) is 12.3. The van der Waals surface area contributed by atoms with Crippen molar-refractivity contribution in [1.29, 1.82) is 0 Å². The van der Waals surface area contributed by atoms with E-state index in [9.17, 15) is 0 Å². The van der Waals surface area contributed by atoms with E-state index in [1.807, 2.05) is 18.2 Å². The van der Waals surface area contributed by atoms with Crippen LogP contribution in [0, 0.1) is 0 Å². The number of hydrogen-bond donors (Lipinski definition) is 0. The Kier molecular flexibility index (Phi) is 3.65. The molecule has 1 aliphatic rings. The number of hydrogen-bond acceptors (Lipinski definition) is 2. The van der Waals surface area contributed by atoms with Crippen molar-refractivity contribution in [2.75, 3.05) is 6.61 Å². The first kappa shape index (κ1) is 12.3. The molecule has 1 fully saturated rings. The van der Waals surface area contributed by atoms with E-state index in [2.05, 4.69) is 32.6 Å². The molecule has 2 heteroatoms. The van der Waals surface area contributed by atoms with E-state index in [4.69, 9.17) is 9.47 Å². The second-order valence-corrected chi connectivity index (χ2v) is 5.13. The molecule has 0 radical (unpaired) electrons. The number of benzene rings is 1. The molecule has 0 amide bonds. The summed E-state index contributed by atoms with van der Waals surface area (Å²) < 4.78 is 11.7. The van der Waals surface area contributed by atoms with Gasteiger partial charge in [-0.2, -0.15) is 0 Å². The fourth-order valence-corrected chi connectivity index (χ4v) is 1.98. The van der Waals surface area contributed by atoms with E-state index in [-0.39, 0.29) is 11.7 Å². The SMILES string of the molecule is C=C1COC(C(C)(C)OCc2ccccc2)C1. The molecule has 1 heterocycles. The molecule has 1 aliphatic heterocycles. The maximum atomic E-state index is 5.98. The summed E-state index contributed by atoms with van der Waals surface area (Å²) in [6.07, 6.45) is 1.03. The molecule has 2 nitrogen and oxygen atoms in total. The highest BCUT2D eigenvalue weighted by Crippen LogP contribution is 2.29. The summed E-state index contributed by atoms with van der Waals surface area (Å²) in [5.41, 5.74) is 2.08. The van der Waals surface area contributed by atoms with Gasteiger partial charge in [0.15, 0.2) is 0 Å². The smallest absolute Gasteiger partial charge is 0.0901 e. The van der Waals surface area contributed by atoms with E-state index >= 15 is 0 Å². The Labute approximate surface area is 103 Å². The van der Waals surface area contributed by atoms with Gasteiger partial charge in [-0.3, -0.25) is 0 Å². The summed E-state index contributed by atoms with van der Waals surface area (Å²) in [6.45, 7) is 9.42. The van der Waals surface area contributed by atoms with Crippen molar-refractivity contribution in [2.45, 2.75) is 38.6 Å². The number of ether oxygens (including phenoxy) is 2. The van der Waals surface area contributed by atoms with Gasteiger partial charge in [0.1, 0.15) is 0 Å². The zero-order valence-electron chi connectivity index (χ0n) is 10.6. The van der Waals surface area contributed by atoms with E-state index in [0.717, 1.165) is 12.0 Å². The first-order chi connectivity index (χ1) is 8.08. The summed E-state index contributed by atoms with van der Waals surface area (Å²) >= 11 is 0. The molecule has 0 spiro atoms. The molecule has 0 bridgehead atoms.